The van der Waals surface area contributed by atoms with Crippen LogP contribution in [0.2, 0.25) is 0 Å². The van der Waals surface area contributed by atoms with Gasteiger partial charge in [-0.2, -0.15) is 5.26 Å². The van der Waals surface area contributed by atoms with E-state index in [-0.39, 0.29) is 0 Å². The predicted octanol–water partition coefficient (Wildman–Crippen LogP) is 1.91. The van der Waals surface area contributed by atoms with Crippen molar-refractivity contribution in [1.29, 1.82) is 5.26 Å². The lowest BCUT2D eigenvalue weighted by Crippen LogP contribution is -1.78. The van der Waals surface area contributed by atoms with Gasteiger partial charge in [0.25, 0.3) is 0 Å². The fourth-order valence-electron chi connectivity index (χ4n) is 0.682. The minimum absolute atomic E-state index is 0.651. The van der Waals surface area contributed by atoms with Gasteiger partial charge < -0.3 is 0 Å². The molecule has 10 heavy (non-hydrogen) atoms. The van der Waals surface area contributed by atoms with Crippen LogP contribution in [0.3, 0.4) is 0 Å². The molecule has 0 aromatic heterocycles. The second kappa shape index (κ2) is 3.09. The first kappa shape index (κ1) is 6.91. The number of benzene rings is 1. The molecule has 0 radical (unpaired) electrons. The van der Waals surface area contributed by atoms with E-state index in [4.69, 9.17) is 17.5 Å². The molecule has 0 atom stereocenters. The van der Waals surface area contributed by atoms with E-state index < -0.39 is 0 Å². The highest BCUT2D eigenvalue weighted by Gasteiger charge is 1.88. The van der Waals surface area contributed by atoms with Gasteiger partial charge in [0.2, 0.25) is 0 Å². The molecule has 0 aliphatic rings. The highest BCUT2D eigenvalue weighted by Crippen LogP contribution is 2.00. The summed E-state index contributed by atoms with van der Waals surface area (Å²) in [6.45, 7) is 0. The summed E-state index contributed by atoms with van der Waals surface area (Å²) >= 11 is 4.69. The Morgan fingerprint density at radius 1 is 1.50 bits per heavy atom. The molecule has 0 unspecified atom stereocenters. The third kappa shape index (κ3) is 1.40. The molecular weight excluding hydrogens is 142 g/mol. The van der Waals surface area contributed by atoms with Gasteiger partial charge in [0.1, 0.15) is 0 Å². The molecule has 0 aliphatic carbocycles. The zero-order valence-corrected chi connectivity index (χ0v) is 6.06. The summed E-state index contributed by atoms with van der Waals surface area (Å²) in [6, 6.07) is 9.23. The van der Waals surface area contributed by atoms with E-state index in [2.05, 4.69) is 0 Å². The van der Waals surface area contributed by atoms with Gasteiger partial charge in [0.15, 0.2) is 0 Å². The van der Waals surface area contributed by atoms with Gasteiger partial charge >= 0.3 is 0 Å². The maximum Gasteiger partial charge on any atom is 0.0991 e. The van der Waals surface area contributed by atoms with Crippen LogP contribution in [0.1, 0.15) is 11.1 Å². The first-order chi connectivity index (χ1) is 4.86. The van der Waals surface area contributed by atoms with Gasteiger partial charge in [-0.25, -0.2) is 0 Å². The first-order valence-electron chi connectivity index (χ1n) is 2.82. The molecule has 0 fully saturated rings. The third-order valence-corrected chi connectivity index (χ3v) is 1.42. The summed E-state index contributed by atoms with van der Waals surface area (Å²) in [6.07, 6.45) is 0. The molecule has 1 nitrogen and oxygen atoms in total. The van der Waals surface area contributed by atoms with Crippen molar-refractivity contribution in [3.8, 4) is 6.07 Å². The third-order valence-electron chi connectivity index (χ3n) is 1.15. The largest absolute Gasteiger partial charge is 0.192 e. The smallest absolute Gasteiger partial charge is 0.0991 e. The van der Waals surface area contributed by atoms with Crippen LogP contribution >= 0.6 is 12.2 Å². The number of thiocarbonyl (C=S) groups is 1. The summed E-state index contributed by atoms with van der Waals surface area (Å²) in [5, 5.41) is 10.0. The van der Waals surface area contributed by atoms with E-state index in [1.807, 2.05) is 18.2 Å². The van der Waals surface area contributed by atoms with Crippen molar-refractivity contribution in [2.75, 3.05) is 0 Å². The van der Waals surface area contributed by atoms with Crippen LogP contribution in [-0.4, -0.2) is 5.37 Å². The lowest BCUT2D eigenvalue weighted by atomic mass is 10.2. The van der Waals surface area contributed by atoms with Crippen molar-refractivity contribution in [1.82, 2.24) is 0 Å². The second-order valence-electron chi connectivity index (χ2n) is 1.86. The van der Waals surface area contributed by atoms with Crippen LogP contribution in [0.4, 0.5) is 0 Å². The SMILES string of the molecule is N#Cc1cccc(C=S)c1. The first-order valence-corrected chi connectivity index (χ1v) is 3.29. The van der Waals surface area contributed by atoms with Crippen molar-refractivity contribution in [2.24, 2.45) is 0 Å². The van der Waals surface area contributed by atoms with Crippen LogP contribution in [0.15, 0.2) is 24.3 Å². The average Bonchev–Trinajstić information content (AvgIpc) is 2.05. The zero-order valence-electron chi connectivity index (χ0n) is 5.24. The Bertz CT molecular complexity index is 286. The monoisotopic (exact) mass is 147 g/mol. The Labute approximate surface area is 64.9 Å². The second-order valence-corrected chi connectivity index (χ2v) is 2.09. The molecule has 0 aliphatic heterocycles. The molecule has 0 amide bonds. The van der Waals surface area contributed by atoms with Gasteiger partial charge in [-0.1, -0.05) is 24.4 Å². The molecule has 1 aromatic rings. The van der Waals surface area contributed by atoms with Crippen LogP contribution in [0.25, 0.3) is 0 Å². The molecule has 1 rings (SSSR count). The topological polar surface area (TPSA) is 23.8 Å². The fraction of sp³-hybridized carbons (Fsp3) is 0. The normalized spacial score (nSPS) is 8.30. The Balaban J connectivity index is 3.13. The van der Waals surface area contributed by atoms with Crippen LogP contribution < -0.4 is 0 Å². The van der Waals surface area contributed by atoms with Gasteiger partial charge in [-0.3, -0.25) is 0 Å². The maximum absolute atomic E-state index is 8.46. The summed E-state index contributed by atoms with van der Waals surface area (Å²) < 4.78 is 0. The van der Waals surface area contributed by atoms with E-state index in [1.165, 1.54) is 0 Å². The van der Waals surface area contributed by atoms with Crippen molar-refractivity contribution < 1.29 is 0 Å². The van der Waals surface area contributed by atoms with Crippen LogP contribution in [-0.2, 0) is 0 Å². The molecular formula is C8H5NS. The fourth-order valence-corrected chi connectivity index (χ4v) is 0.828. The minimum Gasteiger partial charge on any atom is -0.192 e. The van der Waals surface area contributed by atoms with E-state index in [9.17, 15) is 0 Å². The molecule has 1 aromatic carbocycles. The molecule has 0 spiro atoms. The highest BCUT2D eigenvalue weighted by atomic mass is 32.1. The summed E-state index contributed by atoms with van der Waals surface area (Å²) in [5.41, 5.74) is 1.56. The van der Waals surface area contributed by atoms with E-state index in [0.717, 1.165) is 5.56 Å². The van der Waals surface area contributed by atoms with E-state index in [0.29, 0.717) is 5.56 Å². The lowest BCUT2D eigenvalue weighted by molar-refractivity contribution is 1.48. The lowest BCUT2D eigenvalue weighted by Gasteiger charge is -1.89. The van der Waals surface area contributed by atoms with Crippen molar-refractivity contribution >= 4 is 17.6 Å². The number of hydrogen-bond donors (Lipinski definition) is 0. The highest BCUT2D eigenvalue weighted by molar-refractivity contribution is 7.79. The van der Waals surface area contributed by atoms with Crippen LogP contribution in [0, 0.1) is 11.3 Å². The predicted molar refractivity (Wildman–Crippen MR) is 43.9 cm³/mol. The van der Waals surface area contributed by atoms with Crippen molar-refractivity contribution in [3.05, 3.63) is 35.4 Å². The summed E-state index contributed by atoms with van der Waals surface area (Å²) in [4.78, 5) is 0. The Morgan fingerprint density at radius 2 is 2.30 bits per heavy atom. The Morgan fingerprint density at radius 3 is 2.90 bits per heavy atom. The number of nitriles is 1. The molecule has 0 saturated heterocycles. The summed E-state index contributed by atoms with van der Waals surface area (Å²) in [7, 11) is 0. The molecule has 0 bridgehead atoms. The van der Waals surface area contributed by atoms with Gasteiger partial charge in [0, 0.05) is 5.37 Å². The minimum atomic E-state index is 0.651. The maximum atomic E-state index is 8.46. The number of nitrogens with zero attached hydrogens (tertiary/aromatic N) is 1. The Hall–Kier alpha value is -1.20. The zero-order chi connectivity index (χ0) is 7.40. The standard InChI is InChI=1S/C8H5NS/c9-5-7-2-1-3-8(4-7)6-10/h1-4,6H. The average molecular weight is 147 g/mol. The molecule has 0 heterocycles. The number of rotatable bonds is 1. The molecule has 0 saturated carbocycles. The molecule has 2 heteroatoms. The van der Waals surface area contributed by atoms with Crippen molar-refractivity contribution in [2.45, 2.75) is 0 Å². The van der Waals surface area contributed by atoms with Gasteiger partial charge in [-0.15, -0.1) is 0 Å². The molecule has 48 valence electrons. The number of hydrogen-bond acceptors (Lipinski definition) is 2. The van der Waals surface area contributed by atoms with Crippen LogP contribution in [0.5, 0.6) is 0 Å². The molecule has 0 N–H and O–H groups in total. The Kier molecular flexibility index (Phi) is 2.14. The van der Waals surface area contributed by atoms with Gasteiger partial charge in [0.05, 0.1) is 11.6 Å². The van der Waals surface area contributed by atoms with Gasteiger partial charge in [-0.05, 0) is 17.7 Å². The summed E-state index contributed by atoms with van der Waals surface area (Å²) in [5.74, 6) is 0. The van der Waals surface area contributed by atoms with E-state index >= 15 is 0 Å². The van der Waals surface area contributed by atoms with E-state index in [1.54, 1.807) is 17.5 Å². The quantitative estimate of drug-likeness (QED) is 0.566. The van der Waals surface area contributed by atoms with Crippen molar-refractivity contribution in [3.63, 3.8) is 0 Å².